The summed E-state index contributed by atoms with van der Waals surface area (Å²) >= 11 is 0. The van der Waals surface area contributed by atoms with E-state index in [4.69, 9.17) is 0 Å². The van der Waals surface area contributed by atoms with Crippen LogP contribution in [-0.2, 0) is 15.6 Å². The van der Waals surface area contributed by atoms with Crippen LogP contribution in [0, 0.1) is 0 Å². The zero-order chi connectivity index (χ0) is 13.4. The molecule has 0 aromatic heterocycles. The molecule has 0 rings (SSSR count). The Morgan fingerprint density at radius 3 is 2.24 bits per heavy atom. The van der Waals surface area contributed by atoms with Crippen molar-refractivity contribution >= 4 is 16.7 Å². The molecule has 5 heteroatoms. The molecule has 4 nitrogen and oxygen atoms in total. The first-order valence-corrected chi connectivity index (χ1v) is 7.90. The van der Waals surface area contributed by atoms with Gasteiger partial charge in [0.1, 0.15) is 0 Å². The van der Waals surface area contributed by atoms with Gasteiger partial charge in [-0.2, -0.15) is 0 Å². The first-order chi connectivity index (χ1) is 7.93. The minimum Gasteiger partial charge on any atom is -0.342 e. The molecule has 1 amide bonds. The van der Waals surface area contributed by atoms with Gasteiger partial charge < -0.3 is 10.2 Å². The molecule has 0 aromatic carbocycles. The number of nitrogens with zero attached hydrogens (tertiary/aromatic N) is 1. The molecule has 1 N–H and O–H groups in total. The summed E-state index contributed by atoms with van der Waals surface area (Å²) in [4.78, 5) is 13.7. The van der Waals surface area contributed by atoms with Crippen LogP contribution < -0.4 is 5.32 Å². The molecule has 3 unspecified atom stereocenters. The summed E-state index contributed by atoms with van der Waals surface area (Å²) in [5.41, 5.74) is 0. The van der Waals surface area contributed by atoms with E-state index < -0.39 is 10.8 Å². The number of amides is 1. The lowest BCUT2D eigenvalue weighted by Crippen LogP contribution is -2.45. The van der Waals surface area contributed by atoms with E-state index in [0.29, 0.717) is 0 Å². The van der Waals surface area contributed by atoms with Gasteiger partial charge in [0.15, 0.2) is 0 Å². The molecule has 102 valence electrons. The molecule has 17 heavy (non-hydrogen) atoms. The Kier molecular flexibility index (Phi) is 8.43. The zero-order valence-electron chi connectivity index (χ0n) is 11.7. The van der Waals surface area contributed by atoms with Gasteiger partial charge >= 0.3 is 0 Å². The lowest BCUT2D eigenvalue weighted by atomic mass is 10.2. The van der Waals surface area contributed by atoms with Crippen LogP contribution in [0.1, 0.15) is 34.1 Å². The van der Waals surface area contributed by atoms with Crippen molar-refractivity contribution in [3.05, 3.63) is 0 Å². The Morgan fingerprint density at radius 1 is 1.29 bits per heavy atom. The average molecular weight is 262 g/mol. The second-order valence-electron chi connectivity index (χ2n) is 4.28. The molecule has 0 aliphatic rings. The summed E-state index contributed by atoms with van der Waals surface area (Å²) in [6.07, 6.45) is 2.55. The standard InChI is InChI=1S/C12H26N2O2S/c1-6-14(7-2)12(15)11(4)13-9-8-10(3)17(5)16/h10-11,13H,6-9H2,1-5H3. The topological polar surface area (TPSA) is 49.4 Å². The van der Waals surface area contributed by atoms with Crippen molar-refractivity contribution in [3.8, 4) is 0 Å². The summed E-state index contributed by atoms with van der Waals surface area (Å²) in [6.45, 7) is 10.0. The second kappa shape index (κ2) is 8.64. The lowest BCUT2D eigenvalue weighted by Gasteiger charge is -2.23. The molecule has 0 heterocycles. The third-order valence-corrected chi connectivity index (χ3v) is 4.38. The summed E-state index contributed by atoms with van der Waals surface area (Å²) < 4.78 is 11.2. The maximum absolute atomic E-state index is 11.9. The van der Waals surface area contributed by atoms with Crippen molar-refractivity contribution in [2.24, 2.45) is 0 Å². The molecular formula is C12H26N2O2S. The predicted molar refractivity (Wildman–Crippen MR) is 73.5 cm³/mol. The third kappa shape index (κ3) is 6.17. The lowest BCUT2D eigenvalue weighted by molar-refractivity contribution is -0.132. The normalized spacial score (nSPS) is 16.3. The van der Waals surface area contributed by atoms with Gasteiger partial charge in [0.25, 0.3) is 0 Å². The Balaban J connectivity index is 3.97. The van der Waals surface area contributed by atoms with Gasteiger partial charge in [-0.1, -0.05) is 6.92 Å². The first-order valence-electron chi connectivity index (χ1n) is 6.28. The van der Waals surface area contributed by atoms with Crippen molar-refractivity contribution in [1.29, 1.82) is 0 Å². The highest BCUT2D eigenvalue weighted by Gasteiger charge is 2.17. The van der Waals surface area contributed by atoms with E-state index in [1.807, 2.05) is 32.6 Å². The minimum absolute atomic E-state index is 0.139. The van der Waals surface area contributed by atoms with E-state index in [1.54, 1.807) is 6.26 Å². The van der Waals surface area contributed by atoms with Gasteiger partial charge in [-0.15, -0.1) is 0 Å². The average Bonchev–Trinajstić information content (AvgIpc) is 2.29. The molecule has 0 saturated carbocycles. The van der Waals surface area contributed by atoms with Crippen molar-refractivity contribution in [2.75, 3.05) is 25.9 Å². The van der Waals surface area contributed by atoms with Crippen LogP contribution in [-0.4, -0.2) is 52.2 Å². The van der Waals surface area contributed by atoms with Crippen LogP contribution in [0.25, 0.3) is 0 Å². The fourth-order valence-electron chi connectivity index (χ4n) is 1.57. The van der Waals surface area contributed by atoms with Gasteiger partial charge in [0, 0.05) is 35.4 Å². The summed E-state index contributed by atoms with van der Waals surface area (Å²) in [5.74, 6) is 0.139. The van der Waals surface area contributed by atoms with Gasteiger partial charge in [-0.05, 0) is 33.7 Å². The molecule has 0 bridgehead atoms. The van der Waals surface area contributed by atoms with Gasteiger partial charge in [-0.3, -0.25) is 9.00 Å². The Bertz CT molecular complexity index is 255. The highest BCUT2D eigenvalue weighted by atomic mass is 32.2. The Morgan fingerprint density at radius 2 is 1.82 bits per heavy atom. The van der Waals surface area contributed by atoms with Crippen LogP contribution in [0.15, 0.2) is 0 Å². The molecule has 0 aliphatic carbocycles. The summed E-state index contributed by atoms with van der Waals surface area (Å²) in [7, 11) is -0.783. The first kappa shape index (κ1) is 16.6. The number of nitrogens with one attached hydrogen (secondary N) is 1. The molecule has 0 aliphatic heterocycles. The Hall–Kier alpha value is -0.420. The number of hydrogen-bond donors (Lipinski definition) is 1. The van der Waals surface area contributed by atoms with E-state index in [9.17, 15) is 9.00 Å². The SMILES string of the molecule is CCN(CC)C(=O)C(C)NCCC(C)S(C)=O. The van der Waals surface area contributed by atoms with Crippen molar-refractivity contribution < 1.29 is 9.00 Å². The van der Waals surface area contributed by atoms with Crippen LogP contribution in [0.5, 0.6) is 0 Å². The highest BCUT2D eigenvalue weighted by Crippen LogP contribution is 1.99. The van der Waals surface area contributed by atoms with Crippen LogP contribution in [0.2, 0.25) is 0 Å². The van der Waals surface area contributed by atoms with E-state index in [-0.39, 0.29) is 17.2 Å². The highest BCUT2D eigenvalue weighted by molar-refractivity contribution is 7.84. The maximum atomic E-state index is 11.9. The smallest absolute Gasteiger partial charge is 0.239 e. The maximum Gasteiger partial charge on any atom is 0.239 e. The monoisotopic (exact) mass is 262 g/mol. The molecule has 0 radical (unpaired) electrons. The number of likely N-dealkylation sites (N-methyl/N-ethyl adjacent to an activating group) is 1. The molecule has 0 aromatic rings. The Labute approximate surface area is 108 Å². The summed E-state index contributed by atoms with van der Waals surface area (Å²) in [6, 6.07) is -0.160. The quantitative estimate of drug-likeness (QED) is 0.710. The summed E-state index contributed by atoms with van der Waals surface area (Å²) in [5, 5.41) is 3.37. The zero-order valence-corrected chi connectivity index (χ0v) is 12.5. The fraction of sp³-hybridized carbons (Fsp3) is 0.917. The molecular weight excluding hydrogens is 236 g/mol. The van der Waals surface area contributed by atoms with Crippen LogP contribution in [0.4, 0.5) is 0 Å². The molecule has 0 spiro atoms. The largest absolute Gasteiger partial charge is 0.342 e. The van der Waals surface area contributed by atoms with Gasteiger partial charge in [0.2, 0.25) is 5.91 Å². The number of rotatable bonds is 8. The molecule has 0 fully saturated rings. The van der Waals surface area contributed by atoms with E-state index in [1.165, 1.54) is 0 Å². The second-order valence-corrected chi connectivity index (χ2v) is 6.09. The van der Waals surface area contributed by atoms with Crippen molar-refractivity contribution in [2.45, 2.75) is 45.4 Å². The van der Waals surface area contributed by atoms with Crippen molar-refractivity contribution in [3.63, 3.8) is 0 Å². The molecule has 3 atom stereocenters. The number of hydrogen-bond acceptors (Lipinski definition) is 3. The molecule has 0 saturated heterocycles. The van der Waals surface area contributed by atoms with E-state index in [2.05, 4.69) is 5.32 Å². The number of carbonyl (C=O) groups is 1. The van der Waals surface area contributed by atoms with Gasteiger partial charge in [0.05, 0.1) is 6.04 Å². The minimum atomic E-state index is -0.783. The number of carbonyl (C=O) groups excluding carboxylic acids is 1. The van der Waals surface area contributed by atoms with Crippen LogP contribution >= 0.6 is 0 Å². The predicted octanol–water partition coefficient (Wildman–Crippen LogP) is 0.990. The van der Waals surface area contributed by atoms with E-state index >= 15 is 0 Å². The third-order valence-electron chi connectivity index (χ3n) is 3.01. The van der Waals surface area contributed by atoms with Gasteiger partial charge in [-0.25, -0.2) is 0 Å². The van der Waals surface area contributed by atoms with E-state index in [0.717, 1.165) is 26.1 Å². The van der Waals surface area contributed by atoms with Crippen molar-refractivity contribution in [1.82, 2.24) is 10.2 Å². The van der Waals surface area contributed by atoms with Crippen LogP contribution in [0.3, 0.4) is 0 Å². The fourth-order valence-corrected chi connectivity index (χ4v) is 2.02.